The van der Waals surface area contributed by atoms with Gasteiger partial charge < -0.3 is 5.11 Å². The van der Waals surface area contributed by atoms with E-state index in [1.165, 1.54) is 21.3 Å². The molecule has 0 unspecified atom stereocenters. The summed E-state index contributed by atoms with van der Waals surface area (Å²) in [6.07, 6.45) is 1.85. The summed E-state index contributed by atoms with van der Waals surface area (Å²) in [6, 6.07) is 2.64. The minimum atomic E-state index is -1.24. The number of carboxylic acid groups (broad SMARTS) is 1. The summed E-state index contributed by atoms with van der Waals surface area (Å²) in [5, 5.41) is 9.59. The molecule has 0 aliphatic rings. The molecular weight excluding hydrogens is 368 g/mol. The first kappa shape index (κ1) is 15.3. The van der Waals surface area contributed by atoms with Gasteiger partial charge in [-0.15, -0.1) is 0 Å². The molecule has 0 saturated carbocycles. The van der Waals surface area contributed by atoms with E-state index in [1.54, 1.807) is 3.97 Å². The number of aromatic nitrogens is 1. The first-order valence-corrected chi connectivity index (χ1v) is 8.69. The summed E-state index contributed by atoms with van der Waals surface area (Å²) >= 11 is 2.09. The Morgan fingerprint density at radius 2 is 2.06 bits per heavy atom. The van der Waals surface area contributed by atoms with Crippen molar-refractivity contribution in [2.75, 3.05) is 0 Å². The van der Waals surface area contributed by atoms with Crippen LogP contribution in [0.15, 0.2) is 18.3 Å². The van der Waals surface area contributed by atoms with Crippen LogP contribution in [0.5, 0.6) is 0 Å². The summed E-state index contributed by atoms with van der Waals surface area (Å²) in [5.41, 5.74) is 1.34. The highest BCUT2D eigenvalue weighted by Crippen LogP contribution is 2.29. The number of benzene rings is 1. The number of carbonyl (C=O) groups is 1. The summed E-state index contributed by atoms with van der Waals surface area (Å²) in [6.45, 7) is 5.87. The van der Waals surface area contributed by atoms with Crippen LogP contribution in [0.1, 0.15) is 29.8 Å². The smallest absolute Gasteiger partial charge is 0.338 e. The highest BCUT2D eigenvalue weighted by Gasteiger charge is 2.15. The fourth-order valence-electron chi connectivity index (χ4n) is 1.60. The van der Waals surface area contributed by atoms with Gasteiger partial charge in [0.15, 0.2) is 0 Å². The molecule has 1 aromatic heterocycles. The number of aryl methyl sites for hydroxylation is 1. The first-order valence-electron chi connectivity index (χ1n) is 5.38. The Bertz CT molecular complexity index is 583. The van der Waals surface area contributed by atoms with Crippen molar-refractivity contribution in [3.8, 4) is 0 Å². The second-order valence-corrected chi connectivity index (χ2v) is 5.07. The Hall–Kier alpha value is -0.760. The lowest BCUT2D eigenvalue weighted by Crippen LogP contribution is -2.00. The lowest BCUT2D eigenvalue weighted by atomic mass is 10.1. The van der Waals surface area contributed by atoms with Gasteiger partial charge in [0.2, 0.25) is 0 Å². The van der Waals surface area contributed by atoms with E-state index < -0.39 is 11.8 Å². The van der Waals surface area contributed by atoms with Gasteiger partial charge >= 0.3 is 5.97 Å². The van der Waals surface area contributed by atoms with Gasteiger partial charge in [0.1, 0.15) is 5.82 Å². The van der Waals surface area contributed by atoms with E-state index in [-0.39, 0.29) is 5.56 Å². The third-order valence-corrected chi connectivity index (χ3v) is 4.09. The Labute approximate surface area is 121 Å². The van der Waals surface area contributed by atoms with E-state index in [9.17, 15) is 9.18 Å². The summed E-state index contributed by atoms with van der Waals surface area (Å²) < 4.78 is 15.3. The average Bonchev–Trinajstić information content (AvgIpc) is 2.66. The number of halogens is 2. The van der Waals surface area contributed by atoms with E-state index in [0.29, 0.717) is 5.52 Å². The topological polar surface area (TPSA) is 42.2 Å². The Morgan fingerprint density at radius 3 is 2.56 bits per heavy atom. The fourth-order valence-corrected chi connectivity index (χ4v) is 3.00. The van der Waals surface area contributed by atoms with Gasteiger partial charge in [-0.05, 0) is 24.6 Å². The van der Waals surface area contributed by atoms with Crippen molar-refractivity contribution >= 4 is 47.2 Å². The standard InChI is InChI=1S/C10H7FINO2S.C2H6/c1-5-4-13(16-12)9-3-8(11)7(10(14)15)2-6(5)9;1-2/h2-4H,1H3,(H,14,15);1-2H3. The van der Waals surface area contributed by atoms with Crippen molar-refractivity contribution in [2.24, 2.45) is 0 Å². The summed E-state index contributed by atoms with van der Waals surface area (Å²) in [5.74, 6) is -1.95. The van der Waals surface area contributed by atoms with Gasteiger partial charge in [-0.3, -0.25) is 3.97 Å². The van der Waals surface area contributed by atoms with Crippen molar-refractivity contribution in [1.29, 1.82) is 0 Å². The van der Waals surface area contributed by atoms with Crippen LogP contribution in [0, 0.1) is 12.7 Å². The third-order valence-electron chi connectivity index (χ3n) is 2.36. The Morgan fingerprint density at radius 1 is 1.44 bits per heavy atom. The largest absolute Gasteiger partial charge is 0.478 e. The van der Waals surface area contributed by atoms with Gasteiger partial charge in [-0.1, -0.05) is 13.8 Å². The van der Waals surface area contributed by atoms with E-state index in [1.807, 2.05) is 27.0 Å². The van der Waals surface area contributed by atoms with Crippen LogP contribution in [-0.2, 0) is 0 Å². The molecule has 0 saturated heterocycles. The summed E-state index contributed by atoms with van der Waals surface area (Å²) in [4.78, 5) is 10.8. The van der Waals surface area contributed by atoms with Crippen molar-refractivity contribution in [3.63, 3.8) is 0 Å². The maximum absolute atomic E-state index is 13.5. The molecule has 0 amide bonds. The van der Waals surface area contributed by atoms with Crippen LogP contribution in [0.4, 0.5) is 4.39 Å². The molecule has 2 rings (SSSR count). The average molecular weight is 381 g/mol. The number of aromatic carboxylic acids is 1. The number of hydrogen-bond donors (Lipinski definition) is 1. The van der Waals surface area contributed by atoms with Gasteiger partial charge in [0.25, 0.3) is 0 Å². The lowest BCUT2D eigenvalue weighted by Gasteiger charge is -2.01. The van der Waals surface area contributed by atoms with Crippen LogP contribution >= 0.6 is 30.3 Å². The molecule has 0 atom stereocenters. The minimum Gasteiger partial charge on any atom is -0.478 e. The number of rotatable bonds is 2. The minimum absolute atomic E-state index is 0.285. The lowest BCUT2D eigenvalue weighted by molar-refractivity contribution is 0.0692. The molecule has 0 aliphatic heterocycles. The van der Waals surface area contributed by atoms with E-state index in [0.717, 1.165) is 10.9 Å². The molecule has 0 fully saturated rings. The second kappa shape index (κ2) is 6.42. The molecule has 0 aliphatic carbocycles. The quantitative estimate of drug-likeness (QED) is 0.770. The normalized spacial score (nSPS) is 10.1. The molecule has 3 nitrogen and oxygen atoms in total. The number of hydrogen-bond acceptors (Lipinski definition) is 2. The molecule has 6 heteroatoms. The van der Waals surface area contributed by atoms with Gasteiger partial charge in [0.05, 0.1) is 11.1 Å². The second-order valence-electron chi connectivity index (χ2n) is 3.36. The maximum Gasteiger partial charge on any atom is 0.338 e. The highest BCUT2D eigenvalue weighted by atomic mass is 127. The Balaban J connectivity index is 0.000000771. The van der Waals surface area contributed by atoms with Crippen LogP contribution in [-0.4, -0.2) is 15.0 Å². The van der Waals surface area contributed by atoms with Crippen LogP contribution < -0.4 is 0 Å². The number of carboxylic acids is 1. The zero-order valence-corrected chi connectivity index (χ0v) is 13.2. The molecule has 18 heavy (non-hydrogen) atoms. The maximum atomic E-state index is 13.5. The zero-order chi connectivity index (χ0) is 13.9. The van der Waals surface area contributed by atoms with Crippen LogP contribution in [0.2, 0.25) is 0 Å². The third kappa shape index (κ3) is 2.80. The molecule has 98 valence electrons. The van der Waals surface area contributed by atoms with Crippen LogP contribution in [0.25, 0.3) is 10.9 Å². The SMILES string of the molecule is CC.Cc1cn(SI)c2cc(F)c(C(=O)O)cc12. The first-order chi connectivity index (χ1) is 8.54. The van der Waals surface area contributed by atoms with Crippen molar-refractivity contribution in [3.05, 3.63) is 35.3 Å². The molecule has 2 aromatic rings. The molecule has 0 spiro atoms. The molecule has 1 N–H and O–H groups in total. The van der Waals surface area contributed by atoms with E-state index in [4.69, 9.17) is 5.11 Å². The van der Waals surface area contributed by atoms with Crippen molar-refractivity contribution < 1.29 is 14.3 Å². The number of fused-ring (bicyclic) bond motifs is 1. The fraction of sp³-hybridized carbons (Fsp3) is 0.250. The molecule has 0 radical (unpaired) electrons. The van der Waals surface area contributed by atoms with E-state index >= 15 is 0 Å². The van der Waals surface area contributed by atoms with Crippen molar-refractivity contribution in [1.82, 2.24) is 3.97 Å². The zero-order valence-electron chi connectivity index (χ0n) is 10.2. The van der Waals surface area contributed by atoms with Crippen molar-refractivity contribution in [2.45, 2.75) is 20.8 Å². The van der Waals surface area contributed by atoms with Gasteiger partial charge in [-0.25, -0.2) is 9.18 Å². The van der Waals surface area contributed by atoms with E-state index in [2.05, 4.69) is 21.2 Å². The van der Waals surface area contributed by atoms with Crippen LogP contribution in [0.3, 0.4) is 0 Å². The van der Waals surface area contributed by atoms with Gasteiger partial charge in [-0.2, -0.15) is 0 Å². The summed E-state index contributed by atoms with van der Waals surface area (Å²) in [7, 11) is 1.41. The molecular formula is C12H13FINO2S. The monoisotopic (exact) mass is 381 g/mol. The Kier molecular flexibility index (Phi) is 5.46. The predicted molar refractivity (Wildman–Crippen MR) is 81.9 cm³/mol. The van der Waals surface area contributed by atoms with Gasteiger partial charge in [0, 0.05) is 41.9 Å². The molecule has 1 heterocycles. The predicted octanol–water partition coefficient (Wildman–Crippen LogP) is 4.66. The molecule has 1 aromatic carbocycles. The molecule has 0 bridgehead atoms. The highest BCUT2D eigenvalue weighted by molar-refractivity contribution is 14.2. The number of nitrogens with zero attached hydrogens (tertiary/aromatic N) is 1.